The SMILES string of the molecule is Cc1cc(OCC(=O)Nc2ccc3nc(N4CCOCC4)sc3c2)no1. The fourth-order valence-corrected chi connectivity index (χ4v) is 3.68. The third-order valence-corrected chi connectivity index (χ3v) is 4.98. The van der Waals surface area contributed by atoms with E-state index >= 15 is 0 Å². The van der Waals surface area contributed by atoms with Gasteiger partial charge in [-0.1, -0.05) is 11.3 Å². The normalized spacial score (nSPS) is 14.6. The number of carbonyl (C=O) groups is 1. The van der Waals surface area contributed by atoms with Crippen LogP contribution in [0.15, 0.2) is 28.8 Å². The summed E-state index contributed by atoms with van der Waals surface area (Å²) in [7, 11) is 0. The monoisotopic (exact) mass is 374 g/mol. The maximum absolute atomic E-state index is 12.1. The Morgan fingerprint density at radius 2 is 2.19 bits per heavy atom. The number of hydrogen-bond acceptors (Lipinski definition) is 8. The molecule has 0 spiro atoms. The molecule has 3 aromatic rings. The van der Waals surface area contributed by atoms with Gasteiger partial charge in [-0.3, -0.25) is 4.79 Å². The van der Waals surface area contributed by atoms with E-state index < -0.39 is 0 Å². The minimum absolute atomic E-state index is 0.133. The van der Waals surface area contributed by atoms with Gasteiger partial charge in [0.15, 0.2) is 11.7 Å². The van der Waals surface area contributed by atoms with Gasteiger partial charge in [-0.15, -0.1) is 0 Å². The lowest BCUT2D eigenvalue weighted by Gasteiger charge is -2.25. The Morgan fingerprint density at radius 1 is 1.35 bits per heavy atom. The molecule has 136 valence electrons. The molecule has 1 aromatic carbocycles. The molecule has 1 saturated heterocycles. The van der Waals surface area contributed by atoms with E-state index in [4.69, 9.17) is 14.0 Å². The van der Waals surface area contributed by atoms with Crippen LogP contribution in [-0.4, -0.2) is 49.0 Å². The minimum atomic E-state index is -0.261. The van der Waals surface area contributed by atoms with Crippen LogP contribution in [0.4, 0.5) is 10.8 Å². The van der Waals surface area contributed by atoms with E-state index in [0.29, 0.717) is 17.3 Å². The first-order chi connectivity index (χ1) is 12.7. The maximum atomic E-state index is 12.1. The summed E-state index contributed by atoms with van der Waals surface area (Å²) in [6, 6.07) is 7.30. The van der Waals surface area contributed by atoms with Crippen molar-refractivity contribution in [2.75, 3.05) is 43.1 Å². The van der Waals surface area contributed by atoms with Crippen LogP contribution in [0.25, 0.3) is 10.2 Å². The number of thiazole rings is 1. The highest BCUT2D eigenvalue weighted by molar-refractivity contribution is 7.22. The van der Waals surface area contributed by atoms with Crippen molar-refractivity contribution < 1.29 is 18.8 Å². The molecule has 1 aliphatic heterocycles. The molecule has 0 bridgehead atoms. The average Bonchev–Trinajstić information content (AvgIpc) is 3.26. The molecule has 2 aromatic heterocycles. The van der Waals surface area contributed by atoms with Crippen LogP contribution in [0.1, 0.15) is 5.76 Å². The Kier molecular flexibility index (Phi) is 4.72. The lowest BCUT2D eigenvalue weighted by Crippen LogP contribution is -2.36. The molecule has 0 atom stereocenters. The Morgan fingerprint density at radius 3 is 2.96 bits per heavy atom. The fourth-order valence-electron chi connectivity index (χ4n) is 2.63. The lowest BCUT2D eigenvalue weighted by atomic mass is 10.3. The van der Waals surface area contributed by atoms with Gasteiger partial charge in [0.2, 0.25) is 0 Å². The van der Waals surface area contributed by atoms with Gasteiger partial charge in [0.05, 0.1) is 23.4 Å². The number of anilines is 2. The van der Waals surface area contributed by atoms with E-state index in [9.17, 15) is 4.79 Å². The number of rotatable bonds is 5. The summed E-state index contributed by atoms with van der Waals surface area (Å²) in [5.74, 6) is 0.667. The first-order valence-corrected chi connectivity index (χ1v) is 9.08. The van der Waals surface area contributed by atoms with Crippen LogP contribution in [0, 0.1) is 6.92 Å². The van der Waals surface area contributed by atoms with E-state index in [-0.39, 0.29) is 12.5 Å². The zero-order chi connectivity index (χ0) is 17.9. The summed E-state index contributed by atoms with van der Waals surface area (Å²) in [6.45, 7) is 4.77. The molecule has 3 heterocycles. The number of benzene rings is 1. The fraction of sp³-hybridized carbons (Fsp3) is 0.353. The largest absolute Gasteiger partial charge is 0.465 e. The summed E-state index contributed by atoms with van der Waals surface area (Å²) in [6.07, 6.45) is 0. The number of nitrogens with one attached hydrogen (secondary N) is 1. The number of carbonyl (C=O) groups excluding carboxylic acids is 1. The van der Waals surface area contributed by atoms with Gasteiger partial charge in [0, 0.05) is 24.8 Å². The summed E-state index contributed by atoms with van der Waals surface area (Å²) >= 11 is 1.61. The first kappa shape index (κ1) is 16.8. The van der Waals surface area contributed by atoms with Crippen molar-refractivity contribution in [1.29, 1.82) is 0 Å². The van der Waals surface area contributed by atoms with E-state index in [0.717, 1.165) is 41.7 Å². The zero-order valence-electron chi connectivity index (χ0n) is 14.2. The average molecular weight is 374 g/mol. The molecule has 0 unspecified atom stereocenters. The number of aromatic nitrogens is 2. The summed E-state index contributed by atoms with van der Waals surface area (Å²) in [5.41, 5.74) is 1.63. The second kappa shape index (κ2) is 7.30. The van der Waals surface area contributed by atoms with Gasteiger partial charge in [-0.05, 0) is 30.3 Å². The topological polar surface area (TPSA) is 89.7 Å². The van der Waals surface area contributed by atoms with Crippen molar-refractivity contribution in [2.45, 2.75) is 6.92 Å². The third kappa shape index (κ3) is 3.78. The van der Waals surface area contributed by atoms with Crippen molar-refractivity contribution in [1.82, 2.24) is 10.1 Å². The molecule has 4 rings (SSSR count). The highest BCUT2D eigenvalue weighted by Gasteiger charge is 2.16. The molecule has 0 saturated carbocycles. The van der Waals surface area contributed by atoms with E-state index in [1.165, 1.54) is 0 Å². The van der Waals surface area contributed by atoms with Crippen LogP contribution in [0.2, 0.25) is 0 Å². The second-order valence-corrected chi connectivity index (χ2v) is 6.90. The quantitative estimate of drug-likeness (QED) is 0.733. The number of aryl methyl sites for hydroxylation is 1. The molecule has 1 aliphatic rings. The smallest absolute Gasteiger partial charge is 0.262 e. The third-order valence-electron chi connectivity index (χ3n) is 3.90. The molecule has 1 amide bonds. The van der Waals surface area contributed by atoms with Crippen molar-refractivity contribution in [3.63, 3.8) is 0 Å². The molecule has 8 nitrogen and oxygen atoms in total. The number of amides is 1. The Bertz CT molecular complexity index is 917. The zero-order valence-corrected chi connectivity index (χ0v) is 15.0. The molecule has 1 N–H and O–H groups in total. The predicted molar refractivity (Wildman–Crippen MR) is 98.0 cm³/mol. The van der Waals surface area contributed by atoms with Gasteiger partial charge in [0.25, 0.3) is 11.8 Å². The summed E-state index contributed by atoms with van der Waals surface area (Å²) < 4.78 is 16.6. The van der Waals surface area contributed by atoms with Crippen molar-refractivity contribution in [2.24, 2.45) is 0 Å². The van der Waals surface area contributed by atoms with E-state index in [1.54, 1.807) is 24.3 Å². The van der Waals surface area contributed by atoms with Crippen LogP contribution >= 0.6 is 11.3 Å². The lowest BCUT2D eigenvalue weighted by molar-refractivity contribution is -0.118. The number of hydrogen-bond donors (Lipinski definition) is 1. The van der Waals surface area contributed by atoms with Crippen molar-refractivity contribution in [3.8, 4) is 5.88 Å². The molecular formula is C17H18N4O4S. The van der Waals surface area contributed by atoms with Crippen LogP contribution < -0.4 is 15.0 Å². The van der Waals surface area contributed by atoms with Gasteiger partial charge in [-0.25, -0.2) is 4.98 Å². The van der Waals surface area contributed by atoms with Crippen LogP contribution in [0.5, 0.6) is 5.88 Å². The molecule has 1 fully saturated rings. The van der Waals surface area contributed by atoms with Crippen molar-refractivity contribution in [3.05, 3.63) is 30.0 Å². The van der Waals surface area contributed by atoms with Crippen LogP contribution in [-0.2, 0) is 9.53 Å². The van der Waals surface area contributed by atoms with Gasteiger partial charge in [0.1, 0.15) is 5.76 Å². The molecule has 26 heavy (non-hydrogen) atoms. The molecular weight excluding hydrogens is 356 g/mol. The Balaban J connectivity index is 1.40. The minimum Gasteiger partial charge on any atom is -0.465 e. The maximum Gasteiger partial charge on any atom is 0.262 e. The number of nitrogens with zero attached hydrogens (tertiary/aromatic N) is 3. The first-order valence-electron chi connectivity index (χ1n) is 8.27. The Labute approximate surface area is 153 Å². The number of ether oxygens (including phenoxy) is 2. The van der Waals surface area contributed by atoms with Crippen LogP contribution in [0.3, 0.4) is 0 Å². The Hall–Kier alpha value is -2.65. The predicted octanol–water partition coefficient (Wildman–Crippen LogP) is 2.45. The molecule has 0 radical (unpaired) electrons. The van der Waals surface area contributed by atoms with Gasteiger partial charge < -0.3 is 24.2 Å². The highest BCUT2D eigenvalue weighted by Crippen LogP contribution is 2.31. The van der Waals surface area contributed by atoms with Crippen molar-refractivity contribution >= 4 is 38.3 Å². The van der Waals surface area contributed by atoms with Gasteiger partial charge in [-0.2, -0.15) is 0 Å². The van der Waals surface area contributed by atoms with Gasteiger partial charge >= 0.3 is 0 Å². The number of morpholine rings is 1. The molecule has 0 aliphatic carbocycles. The second-order valence-electron chi connectivity index (χ2n) is 5.89. The van der Waals surface area contributed by atoms with E-state index in [1.807, 2.05) is 18.2 Å². The standard InChI is InChI=1S/C17H18N4O4S/c1-11-8-16(20-25-11)24-10-15(22)18-12-2-3-13-14(9-12)26-17(19-13)21-4-6-23-7-5-21/h2-3,8-9H,4-7,10H2,1H3,(H,18,22). The molecule has 9 heteroatoms. The summed E-state index contributed by atoms with van der Waals surface area (Å²) in [4.78, 5) is 18.9. The summed E-state index contributed by atoms with van der Waals surface area (Å²) in [5, 5.41) is 7.49. The number of fused-ring (bicyclic) bond motifs is 1. The highest BCUT2D eigenvalue weighted by atomic mass is 32.1. The van der Waals surface area contributed by atoms with E-state index in [2.05, 4.69) is 20.4 Å².